The number of hydrogen-bond acceptors (Lipinski definition) is 2. The van der Waals surface area contributed by atoms with Gasteiger partial charge in [-0.3, -0.25) is 0 Å². The standard InChI is InChI=1S/C20H29F2N3O/c1-14(2)7-10-25(16-3-4-16)20(26)23-12-15-8-9-24(13-15)17-5-6-18(21)19(22)11-17/h5-6,11,14-16H,3-4,7-10,12-13H2,1-2H3,(H,23,26). The Morgan fingerprint density at radius 2 is 2.04 bits per heavy atom. The highest BCUT2D eigenvalue weighted by molar-refractivity contribution is 5.74. The van der Waals surface area contributed by atoms with Gasteiger partial charge in [0.2, 0.25) is 0 Å². The van der Waals surface area contributed by atoms with Crippen molar-refractivity contribution in [2.24, 2.45) is 11.8 Å². The number of nitrogens with one attached hydrogen (secondary N) is 1. The molecule has 0 bridgehead atoms. The molecule has 2 amide bonds. The lowest BCUT2D eigenvalue weighted by Crippen LogP contribution is -2.44. The molecule has 0 radical (unpaired) electrons. The highest BCUT2D eigenvalue weighted by Crippen LogP contribution is 2.28. The molecule has 0 aromatic heterocycles. The number of carbonyl (C=O) groups excluding carboxylic acids is 1. The lowest BCUT2D eigenvalue weighted by atomic mass is 10.1. The molecule has 2 fully saturated rings. The van der Waals surface area contributed by atoms with Gasteiger partial charge in [0.15, 0.2) is 11.6 Å². The molecule has 6 heteroatoms. The number of carbonyl (C=O) groups is 1. The van der Waals surface area contributed by atoms with Gasteiger partial charge in [0.05, 0.1) is 0 Å². The number of nitrogens with zero attached hydrogens (tertiary/aromatic N) is 2. The molecule has 1 saturated carbocycles. The van der Waals surface area contributed by atoms with E-state index in [2.05, 4.69) is 24.1 Å². The summed E-state index contributed by atoms with van der Waals surface area (Å²) >= 11 is 0. The quantitative estimate of drug-likeness (QED) is 0.792. The van der Waals surface area contributed by atoms with Gasteiger partial charge in [0, 0.05) is 44.0 Å². The van der Waals surface area contributed by atoms with E-state index in [4.69, 9.17) is 0 Å². The van der Waals surface area contributed by atoms with Crippen molar-refractivity contribution in [3.05, 3.63) is 29.8 Å². The molecule has 1 aromatic carbocycles. The van der Waals surface area contributed by atoms with Crippen molar-refractivity contribution in [1.29, 1.82) is 0 Å². The molecular formula is C20H29F2N3O. The predicted octanol–water partition coefficient (Wildman–Crippen LogP) is 4.01. The van der Waals surface area contributed by atoms with E-state index >= 15 is 0 Å². The van der Waals surface area contributed by atoms with Crippen LogP contribution in [0.1, 0.15) is 39.5 Å². The van der Waals surface area contributed by atoms with E-state index in [9.17, 15) is 13.6 Å². The number of anilines is 1. The third-order valence-electron chi connectivity index (χ3n) is 5.29. The summed E-state index contributed by atoms with van der Waals surface area (Å²) in [5.41, 5.74) is 0.703. The van der Waals surface area contributed by atoms with Crippen molar-refractivity contribution >= 4 is 11.7 Å². The van der Waals surface area contributed by atoms with E-state index in [0.29, 0.717) is 30.1 Å². The van der Waals surface area contributed by atoms with E-state index in [1.54, 1.807) is 6.07 Å². The molecule has 1 N–H and O–H groups in total. The monoisotopic (exact) mass is 365 g/mol. The maximum absolute atomic E-state index is 13.4. The van der Waals surface area contributed by atoms with E-state index in [1.807, 2.05) is 4.90 Å². The molecule has 2 aliphatic rings. The van der Waals surface area contributed by atoms with E-state index in [0.717, 1.165) is 45.3 Å². The number of rotatable bonds is 7. The van der Waals surface area contributed by atoms with Gasteiger partial charge >= 0.3 is 6.03 Å². The lowest BCUT2D eigenvalue weighted by Gasteiger charge is -2.25. The Morgan fingerprint density at radius 1 is 1.27 bits per heavy atom. The van der Waals surface area contributed by atoms with Crippen LogP contribution in [0, 0.1) is 23.5 Å². The Bertz CT molecular complexity index is 633. The Labute approximate surface area is 154 Å². The van der Waals surface area contributed by atoms with Gasteiger partial charge in [0.1, 0.15) is 0 Å². The van der Waals surface area contributed by atoms with Gasteiger partial charge in [-0.1, -0.05) is 13.8 Å². The largest absolute Gasteiger partial charge is 0.371 e. The molecule has 1 unspecified atom stereocenters. The van der Waals surface area contributed by atoms with Crippen LogP contribution < -0.4 is 10.2 Å². The van der Waals surface area contributed by atoms with E-state index in [-0.39, 0.29) is 6.03 Å². The molecule has 1 heterocycles. The van der Waals surface area contributed by atoms with Gasteiger partial charge in [-0.05, 0) is 49.7 Å². The second-order valence-corrected chi connectivity index (χ2v) is 7.99. The number of benzene rings is 1. The number of amides is 2. The van der Waals surface area contributed by atoms with Crippen LogP contribution in [0.3, 0.4) is 0 Å². The fourth-order valence-corrected chi connectivity index (χ4v) is 3.48. The fourth-order valence-electron chi connectivity index (χ4n) is 3.48. The summed E-state index contributed by atoms with van der Waals surface area (Å²) in [6, 6.07) is 4.48. The Kier molecular flexibility index (Phi) is 5.99. The summed E-state index contributed by atoms with van der Waals surface area (Å²) in [5, 5.41) is 3.09. The Hall–Kier alpha value is -1.85. The number of halogens is 2. The van der Waals surface area contributed by atoms with E-state index < -0.39 is 11.6 Å². The zero-order valence-electron chi connectivity index (χ0n) is 15.7. The third kappa shape index (κ3) is 4.86. The summed E-state index contributed by atoms with van der Waals surface area (Å²) in [7, 11) is 0. The number of hydrogen-bond donors (Lipinski definition) is 1. The molecule has 1 atom stereocenters. The fraction of sp³-hybridized carbons (Fsp3) is 0.650. The highest BCUT2D eigenvalue weighted by Gasteiger charge is 2.33. The summed E-state index contributed by atoms with van der Waals surface area (Å²) in [6.07, 6.45) is 4.18. The second kappa shape index (κ2) is 8.23. The van der Waals surface area contributed by atoms with Crippen LogP contribution in [0.15, 0.2) is 18.2 Å². The van der Waals surface area contributed by atoms with Crippen molar-refractivity contribution in [3.8, 4) is 0 Å². The minimum Gasteiger partial charge on any atom is -0.371 e. The van der Waals surface area contributed by atoms with Crippen LogP contribution in [0.2, 0.25) is 0 Å². The Morgan fingerprint density at radius 3 is 2.69 bits per heavy atom. The van der Waals surface area contributed by atoms with Crippen LogP contribution in [-0.4, -0.2) is 43.2 Å². The van der Waals surface area contributed by atoms with Gasteiger partial charge < -0.3 is 15.1 Å². The normalized spacial score (nSPS) is 19.9. The SMILES string of the molecule is CC(C)CCN(C(=O)NCC1CCN(c2ccc(F)c(F)c2)C1)C1CC1. The minimum atomic E-state index is -0.821. The van der Waals surface area contributed by atoms with Gasteiger partial charge in [-0.25, -0.2) is 13.6 Å². The molecule has 144 valence electrons. The molecule has 0 spiro atoms. The van der Waals surface area contributed by atoms with Crippen LogP contribution in [0.4, 0.5) is 19.3 Å². The maximum Gasteiger partial charge on any atom is 0.317 e. The average Bonchev–Trinajstić information content (AvgIpc) is 3.32. The zero-order chi connectivity index (χ0) is 18.7. The lowest BCUT2D eigenvalue weighted by molar-refractivity contribution is 0.190. The Balaban J connectivity index is 1.47. The van der Waals surface area contributed by atoms with Crippen molar-refractivity contribution < 1.29 is 13.6 Å². The highest BCUT2D eigenvalue weighted by atomic mass is 19.2. The van der Waals surface area contributed by atoms with Crippen molar-refractivity contribution in [2.45, 2.75) is 45.6 Å². The van der Waals surface area contributed by atoms with Crippen LogP contribution in [-0.2, 0) is 0 Å². The number of urea groups is 1. The van der Waals surface area contributed by atoms with Crippen LogP contribution in [0.5, 0.6) is 0 Å². The van der Waals surface area contributed by atoms with Gasteiger partial charge in [0.25, 0.3) is 0 Å². The minimum absolute atomic E-state index is 0.0411. The van der Waals surface area contributed by atoms with Crippen molar-refractivity contribution in [1.82, 2.24) is 10.2 Å². The van der Waals surface area contributed by atoms with Gasteiger partial charge in [-0.15, -0.1) is 0 Å². The third-order valence-corrected chi connectivity index (χ3v) is 5.29. The summed E-state index contributed by atoms with van der Waals surface area (Å²) in [5.74, 6) is -0.718. The van der Waals surface area contributed by atoms with Crippen LogP contribution in [0.25, 0.3) is 0 Å². The maximum atomic E-state index is 13.4. The first kappa shape index (κ1) is 18.9. The molecule has 4 nitrogen and oxygen atoms in total. The first-order chi connectivity index (χ1) is 12.4. The van der Waals surface area contributed by atoms with E-state index in [1.165, 1.54) is 12.1 Å². The zero-order valence-corrected chi connectivity index (χ0v) is 15.7. The molecule has 3 rings (SSSR count). The van der Waals surface area contributed by atoms with Crippen molar-refractivity contribution in [3.63, 3.8) is 0 Å². The van der Waals surface area contributed by atoms with Gasteiger partial charge in [-0.2, -0.15) is 0 Å². The summed E-state index contributed by atoms with van der Waals surface area (Å²) in [4.78, 5) is 16.6. The average molecular weight is 365 g/mol. The van der Waals surface area contributed by atoms with Crippen LogP contribution >= 0.6 is 0 Å². The predicted molar refractivity (Wildman–Crippen MR) is 99.3 cm³/mol. The summed E-state index contributed by atoms with van der Waals surface area (Å²) < 4.78 is 26.5. The summed E-state index contributed by atoms with van der Waals surface area (Å²) in [6.45, 7) is 7.35. The van der Waals surface area contributed by atoms with Crippen molar-refractivity contribution in [2.75, 3.05) is 31.1 Å². The molecule has 1 aliphatic carbocycles. The first-order valence-corrected chi connectivity index (χ1v) is 9.68. The molecule has 1 saturated heterocycles. The smallest absolute Gasteiger partial charge is 0.317 e. The first-order valence-electron chi connectivity index (χ1n) is 9.68. The topological polar surface area (TPSA) is 35.6 Å². The second-order valence-electron chi connectivity index (χ2n) is 7.99. The molecule has 1 aliphatic heterocycles. The molecule has 26 heavy (non-hydrogen) atoms. The molecule has 1 aromatic rings. The molecular weight excluding hydrogens is 336 g/mol.